The second kappa shape index (κ2) is 5.56. The predicted molar refractivity (Wildman–Crippen MR) is 101 cm³/mol. The van der Waals surface area contributed by atoms with Crippen LogP contribution in [0.2, 0.25) is 0 Å². The average Bonchev–Trinajstić information content (AvgIpc) is 3.53. The Bertz CT molecular complexity index is 1120. The third-order valence-corrected chi connectivity index (χ3v) is 6.74. The Morgan fingerprint density at radius 1 is 1.25 bits per heavy atom. The average molecular weight is 391 g/mol. The Morgan fingerprint density at radius 2 is 1.93 bits per heavy atom. The van der Waals surface area contributed by atoms with E-state index in [0.717, 1.165) is 23.4 Å². The van der Waals surface area contributed by atoms with Gasteiger partial charge in [-0.15, -0.1) is 0 Å². The maximum Gasteiger partial charge on any atom is 0.354 e. The van der Waals surface area contributed by atoms with Crippen LogP contribution in [0, 0.1) is 18.7 Å². The van der Waals surface area contributed by atoms with Crippen LogP contribution in [-0.4, -0.2) is 33.9 Å². The summed E-state index contributed by atoms with van der Waals surface area (Å²) in [6, 6.07) is 0. The molecule has 0 aromatic carbocycles. The summed E-state index contributed by atoms with van der Waals surface area (Å²) in [5, 5.41) is 0. The van der Waals surface area contributed by atoms with E-state index < -0.39 is 28.8 Å². The summed E-state index contributed by atoms with van der Waals surface area (Å²) in [6.45, 7) is 2.74. The number of nitrogens with zero attached hydrogens (tertiary/aromatic N) is 3. The summed E-state index contributed by atoms with van der Waals surface area (Å²) >= 11 is 0. The molecule has 1 saturated heterocycles. The lowest BCUT2D eigenvalue weighted by molar-refractivity contribution is 0.346. The highest BCUT2D eigenvalue weighted by atomic mass is 19.1. The van der Waals surface area contributed by atoms with E-state index in [-0.39, 0.29) is 11.8 Å². The molecule has 2 aromatic rings. The highest BCUT2D eigenvalue weighted by Crippen LogP contribution is 2.48. The van der Waals surface area contributed by atoms with Gasteiger partial charge in [-0.25, -0.2) is 13.6 Å². The normalized spacial score (nSPS) is 29.6. The highest BCUT2D eigenvalue weighted by Gasteiger charge is 2.58. The zero-order chi connectivity index (χ0) is 20.0. The monoisotopic (exact) mass is 391 g/mol. The summed E-state index contributed by atoms with van der Waals surface area (Å²) < 4.78 is 30.4. The molecule has 9 heteroatoms. The van der Waals surface area contributed by atoms with E-state index in [1.165, 1.54) is 0 Å². The van der Waals surface area contributed by atoms with Crippen LogP contribution in [0.15, 0.2) is 15.8 Å². The van der Waals surface area contributed by atoms with E-state index in [1.54, 1.807) is 6.92 Å². The number of fused-ring (bicyclic) bond motifs is 1. The number of halogens is 2. The van der Waals surface area contributed by atoms with Crippen LogP contribution in [0.1, 0.15) is 42.7 Å². The Kier molecular flexibility index (Phi) is 3.51. The van der Waals surface area contributed by atoms with Crippen LogP contribution in [0.3, 0.4) is 0 Å². The fraction of sp³-hybridized carbons (Fsp3) is 0.579. The SMILES string of the molecule is Cc1c(N2CCC(C3(N)CC3F)C2)c(F)cn2c(=O)n(N)c(=O)c(C3CC3)c12. The first-order valence-corrected chi connectivity index (χ1v) is 9.67. The van der Waals surface area contributed by atoms with Crippen molar-refractivity contribution in [1.82, 2.24) is 9.08 Å². The Hall–Kier alpha value is -2.42. The molecule has 3 fully saturated rings. The Morgan fingerprint density at radius 3 is 2.54 bits per heavy atom. The minimum Gasteiger partial charge on any atom is -0.368 e. The molecule has 4 N–H and O–H groups in total. The number of alkyl halides is 1. The second-order valence-corrected chi connectivity index (χ2v) is 8.53. The summed E-state index contributed by atoms with van der Waals surface area (Å²) in [5.74, 6) is 5.08. The standard InChI is InChI=1S/C19H23F2N5O2/c1-9-15(24-5-4-11(7-24)19(22)6-13(19)21)12(20)8-25-16(9)14(10-2-3-10)17(27)26(23)18(25)28/h8,10-11,13H,2-7,22-23H2,1H3. The van der Waals surface area contributed by atoms with Crippen molar-refractivity contribution in [1.29, 1.82) is 0 Å². The van der Waals surface area contributed by atoms with Gasteiger partial charge in [0.2, 0.25) is 0 Å². The molecule has 150 valence electrons. The molecular formula is C19H23F2N5O2. The van der Waals surface area contributed by atoms with Gasteiger partial charge in [-0.2, -0.15) is 4.68 Å². The smallest absolute Gasteiger partial charge is 0.354 e. The summed E-state index contributed by atoms with van der Waals surface area (Å²) in [4.78, 5) is 27.0. The Labute approximate surface area is 159 Å². The number of nitrogen functional groups attached to an aromatic ring is 1. The van der Waals surface area contributed by atoms with Crippen LogP contribution < -0.4 is 27.7 Å². The summed E-state index contributed by atoms with van der Waals surface area (Å²) in [6.07, 6.45) is 2.83. The van der Waals surface area contributed by atoms with E-state index in [1.807, 2.05) is 4.90 Å². The largest absolute Gasteiger partial charge is 0.368 e. The van der Waals surface area contributed by atoms with Crippen molar-refractivity contribution in [3.63, 3.8) is 0 Å². The molecule has 0 amide bonds. The van der Waals surface area contributed by atoms with E-state index >= 15 is 4.39 Å². The predicted octanol–water partition coefficient (Wildman–Crippen LogP) is 0.766. The molecule has 3 heterocycles. The van der Waals surface area contributed by atoms with Crippen molar-refractivity contribution >= 4 is 11.2 Å². The number of anilines is 1. The molecule has 2 saturated carbocycles. The molecule has 3 aliphatic rings. The van der Waals surface area contributed by atoms with Crippen molar-refractivity contribution in [2.75, 3.05) is 23.8 Å². The van der Waals surface area contributed by atoms with Gasteiger partial charge in [-0.3, -0.25) is 9.20 Å². The fourth-order valence-corrected chi connectivity index (χ4v) is 4.83. The van der Waals surface area contributed by atoms with Gasteiger partial charge in [-0.05, 0) is 38.0 Å². The molecule has 7 nitrogen and oxygen atoms in total. The van der Waals surface area contributed by atoms with Gasteiger partial charge in [0.05, 0.1) is 22.9 Å². The molecule has 28 heavy (non-hydrogen) atoms. The molecule has 3 unspecified atom stereocenters. The van der Waals surface area contributed by atoms with Gasteiger partial charge in [0, 0.05) is 30.6 Å². The molecule has 5 rings (SSSR count). The number of hydrogen-bond acceptors (Lipinski definition) is 5. The zero-order valence-electron chi connectivity index (χ0n) is 15.6. The van der Waals surface area contributed by atoms with Crippen LogP contribution in [0.4, 0.5) is 14.5 Å². The van der Waals surface area contributed by atoms with Crippen LogP contribution >= 0.6 is 0 Å². The summed E-state index contributed by atoms with van der Waals surface area (Å²) in [5.41, 5.74) is 5.85. The zero-order valence-corrected chi connectivity index (χ0v) is 15.6. The highest BCUT2D eigenvalue weighted by molar-refractivity contribution is 5.72. The first-order valence-electron chi connectivity index (χ1n) is 9.67. The van der Waals surface area contributed by atoms with Crippen molar-refractivity contribution < 1.29 is 8.78 Å². The van der Waals surface area contributed by atoms with E-state index in [2.05, 4.69) is 0 Å². The lowest BCUT2D eigenvalue weighted by Crippen LogP contribution is -2.44. The molecule has 2 aliphatic carbocycles. The number of aryl methyl sites for hydroxylation is 1. The van der Waals surface area contributed by atoms with Gasteiger partial charge in [0.15, 0.2) is 5.82 Å². The van der Waals surface area contributed by atoms with Crippen molar-refractivity contribution in [3.8, 4) is 0 Å². The lowest BCUT2D eigenvalue weighted by atomic mass is 9.97. The first-order chi connectivity index (χ1) is 13.2. The topological polar surface area (TPSA) is 98.8 Å². The van der Waals surface area contributed by atoms with E-state index in [9.17, 15) is 14.0 Å². The van der Waals surface area contributed by atoms with E-state index in [4.69, 9.17) is 11.6 Å². The van der Waals surface area contributed by atoms with Crippen molar-refractivity contribution in [2.45, 2.75) is 50.2 Å². The third-order valence-electron chi connectivity index (χ3n) is 6.74. The summed E-state index contributed by atoms with van der Waals surface area (Å²) in [7, 11) is 0. The maximum absolute atomic E-state index is 15.1. The van der Waals surface area contributed by atoms with Gasteiger partial charge in [-0.1, -0.05) is 0 Å². The van der Waals surface area contributed by atoms with Crippen LogP contribution in [0.5, 0.6) is 0 Å². The number of hydrogen-bond donors (Lipinski definition) is 2. The first kappa shape index (κ1) is 17.7. The number of rotatable bonds is 3. The number of pyridine rings is 1. The Balaban J connectivity index is 1.67. The minimum absolute atomic E-state index is 0.0345. The van der Waals surface area contributed by atoms with Crippen LogP contribution in [0.25, 0.3) is 5.52 Å². The quantitative estimate of drug-likeness (QED) is 0.753. The van der Waals surface area contributed by atoms with Crippen molar-refractivity contribution in [3.05, 3.63) is 44.0 Å². The number of aromatic nitrogens is 2. The molecule has 0 spiro atoms. The number of nitrogens with two attached hydrogens (primary N) is 2. The molecule has 1 aliphatic heterocycles. The maximum atomic E-state index is 15.1. The molecule has 2 aromatic heterocycles. The second-order valence-electron chi connectivity index (χ2n) is 8.53. The van der Waals surface area contributed by atoms with Gasteiger partial charge in [0.1, 0.15) is 6.17 Å². The molecule has 0 bridgehead atoms. The molecule has 0 radical (unpaired) electrons. The van der Waals surface area contributed by atoms with Gasteiger partial charge in [0.25, 0.3) is 5.56 Å². The van der Waals surface area contributed by atoms with Crippen LogP contribution in [-0.2, 0) is 0 Å². The third kappa shape index (κ3) is 2.28. The minimum atomic E-state index is -0.997. The lowest BCUT2D eigenvalue weighted by Gasteiger charge is -2.25. The van der Waals surface area contributed by atoms with E-state index in [0.29, 0.717) is 52.9 Å². The van der Waals surface area contributed by atoms with Crippen molar-refractivity contribution in [2.24, 2.45) is 11.7 Å². The van der Waals surface area contributed by atoms with Gasteiger partial charge >= 0.3 is 5.69 Å². The molecule has 3 atom stereocenters. The molecular weight excluding hydrogens is 368 g/mol. The van der Waals surface area contributed by atoms with Gasteiger partial charge < -0.3 is 16.5 Å². The fourth-order valence-electron chi connectivity index (χ4n) is 4.83.